The van der Waals surface area contributed by atoms with E-state index in [4.69, 9.17) is 20.1 Å². The molecular weight excluding hydrogens is 222 g/mol. The summed E-state index contributed by atoms with van der Waals surface area (Å²) >= 11 is 0. The lowest BCUT2D eigenvalue weighted by Crippen LogP contribution is -1.93. The Hall–Kier alpha value is -2.64. The van der Waals surface area contributed by atoms with E-state index in [0.29, 0.717) is 6.29 Å². The summed E-state index contributed by atoms with van der Waals surface area (Å²) in [5, 5.41) is 33.1. The van der Waals surface area contributed by atoms with Crippen molar-refractivity contribution >= 4 is 18.1 Å². The average molecular weight is 229 g/mol. The van der Waals surface area contributed by atoms with Crippen molar-refractivity contribution in [2.24, 2.45) is 0 Å². The van der Waals surface area contributed by atoms with Gasteiger partial charge in [0.05, 0.1) is 10.5 Å². The maximum Gasteiger partial charge on any atom is 0.503 e. The quantitative estimate of drug-likeness (QED) is 0.395. The number of carboxylic acid groups (broad SMARTS) is 2. The van der Waals surface area contributed by atoms with Gasteiger partial charge in [-0.1, -0.05) is 0 Å². The fraction of sp³-hybridized carbons (Fsp3) is 0. The predicted molar refractivity (Wildman–Crippen MR) is 50.8 cm³/mol. The fourth-order valence-corrected chi connectivity index (χ4v) is 0.803. The number of aldehydes is 1. The molecule has 1 aromatic rings. The third-order valence-corrected chi connectivity index (χ3v) is 1.33. The van der Waals surface area contributed by atoms with Gasteiger partial charge in [0.15, 0.2) is 6.29 Å². The van der Waals surface area contributed by atoms with Gasteiger partial charge < -0.3 is 15.3 Å². The van der Waals surface area contributed by atoms with Gasteiger partial charge in [-0.05, 0) is 12.1 Å². The normalized spacial score (nSPS) is 8.50. The monoisotopic (exact) mass is 229 g/mol. The van der Waals surface area contributed by atoms with Gasteiger partial charge in [-0.3, -0.25) is 14.9 Å². The molecule has 0 unspecified atom stereocenters. The van der Waals surface area contributed by atoms with E-state index >= 15 is 0 Å². The van der Waals surface area contributed by atoms with Crippen LogP contribution in [0.5, 0.6) is 5.75 Å². The zero-order chi connectivity index (χ0) is 12.7. The van der Waals surface area contributed by atoms with Crippen molar-refractivity contribution in [3.05, 3.63) is 33.9 Å². The highest BCUT2D eigenvalue weighted by atomic mass is 16.6. The van der Waals surface area contributed by atoms with Crippen LogP contribution in [-0.2, 0) is 0 Å². The van der Waals surface area contributed by atoms with Crippen molar-refractivity contribution < 1.29 is 29.8 Å². The number of phenolic OH excluding ortho intramolecular Hbond substituents is 1. The summed E-state index contributed by atoms with van der Waals surface area (Å²) < 4.78 is 0. The number of nitro benzene ring substituents is 1. The smallest absolute Gasteiger partial charge is 0.503 e. The maximum atomic E-state index is 10.3. The first-order valence-corrected chi connectivity index (χ1v) is 3.73. The Bertz CT molecular complexity index is 411. The number of rotatable bonds is 2. The highest BCUT2D eigenvalue weighted by Gasteiger charge is 2.12. The van der Waals surface area contributed by atoms with E-state index in [-0.39, 0.29) is 17.0 Å². The summed E-state index contributed by atoms with van der Waals surface area (Å²) in [7, 11) is 0. The Labute approximate surface area is 88.5 Å². The molecule has 8 nitrogen and oxygen atoms in total. The maximum absolute atomic E-state index is 10.3. The Morgan fingerprint density at radius 3 is 2.25 bits per heavy atom. The molecule has 16 heavy (non-hydrogen) atoms. The molecular formula is C8H7NO7. The van der Waals surface area contributed by atoms with Crippen molar-refractivity contribution in [2.75, 3.05) is 0 Å². The number of nitrogens with zero attached hydrogens (tertiary/aromatic N) is 1. The summed E-state index contributed by atoms with van der Waals surface area (Å²) in [4.78, 5) is 28.4. The molecule has 0 atom stereocenters. The summed E-state index contributed by atoms with van der Waals surface area (Å²) in [6, 6.07) is 3.29. The van der Waals surface area contributed by atoms with Gasteiger partial charge >= 0.3 is 6.16 Å². The van der Waals surface area contributed by atoms with Crippen molar-refractivity contribution in [3.63, 3.8) is 0 Å². The van der Waals surface area contributed by atoms with Crippen LogP contribution in [0.4, 0.5) is 10.5 Å². The van der Waals surface area contributed by atoms with Gasteiger partial charge in [-0.15, -0.1) is 0 Å². The van der Waals surface area contributed by atoms with Crippen molar-refractivity contribution in [2.45, 2.75) is 0 Å². The predicted octanol–water partition coefficient (Wildman–Crippen LogP) is 1.34. The average Bonchev–Trinajstić information content (AvgIpc) is 2.16. The molecule has 3 N–H and O–H groups in total. The first kappa shape index (κ1) is 13.4. The zero-order valence-electron chi connectivity index (χ0n) is 7.73. The van der Waals surface area contributed by atoms with Crippen LogP contribution >= 0.6 is 0 Å². The number of carbonyl (C=O) groups is 2. The van der Waals surface area contributed by atoms with Crippen LogP contribution in [0.3, 0.4) is 0 Å². The summed E-state index contributed by atoms with van der Waals surface area (Å²) in [5.74, 6) is -0.164. The van der Waals surface area contributed by atoms with E-state index in [1.54, 1.807) is 0 Å². The van der Waals surface area contributed by atoms with Crippen LogP contribution in [0.2, 0.25) is 0 Å². The fourth-order valence-electron chi connectivity index (χ4n) is 0.803. The van der Waals surface area contributed by atoms with Crippen molar-refractivity contribution in [3.8, 4) is 5.75 Å². The highest BCUT2D eigenvalue weighted by molar-refractivity contribution is 5.82. The molecule has 1 aromatic carbocycles. The third-order valence-electron chi connectivity index (χ3n) is 1.33. The number of benzene rings is 1. The molecule has 0 aromatic heterocycles. The minimum Gasteiger partial charge on any atom is -0.508 e. The van der Waals surface area contributed by atoms with E-state index in [9.17, 15) is 14.9 Å². The van der Waals surface area contributed by atoms with Crippen LogP contribution in [0, 0.1) is 10.1 Å². The van der Waals surface area contributed by atoms with Crippen LogP contribution in [-0.4, -0.2) is 32.7 Å². The molecule has 0 saturated carbocycles. The van der Waals surface area contributed by atoms with Gasteiger partial charge in [0.1, 0.15) is 5.75 Å². The van der Waals surface area contributed by atoms with Crippen LogP contribution < -0.4 is 0 Å². The van der Waals surface area contributed by atoms with Crippen LogP contribution in [0.1, 0.15) is 10.4 Å². The Kier molecular flexibility index (Phi) is 4.98. The van der Waals surface area contributed by atoms with E-state index in [1.165, 1.54) is 0 Å². The van der Waals surface area contributed by atoms with Gasteiger partial charge in [0.25, 0.3) is 5.69 Å². The molecule has 0 aliphatic heterocycles. The molecule has 8 heteroatoms. The van der Waals surface area contributed by atoms with Gasteiger partial charge in [0, 0.05) is 6.07 Å². The van der Waals surface area contributed by atoms with E-state index in [2.05, 4.69) is 0 Å². The topological polar surface area (TPSA) is 138 Å². The minimum absolute atomic E-state index is 0.125. The second-order valence-electron chi connectivity index (χ2n) is 2.40. The first-order valence-electron chi connectivity index (χ1n) is 3.73. The van der Waals surface area contributed by atoms with E-state index < -0.39 is 11.1 Å². The second-order valence-corrected chi connectivity index (χ2v) is 2.40. The lowest BCUT2D eigenvalue weighted by atomic mass is 10.2. The SMILES string of the molecule is O=C(O)O.O=Cc1cc(O)ccc1[N+](=O)[O-]. The highest BCUT2D eigenvalue weighted by Crippen LogP contribution is 2.21. The summed E-state index contributed by atoms with van der Waals surface area (Å²) in [6.07, 6.45) is -1.50. The summed E-state index contributed by atoms with van der Waals surface area (Å²) in [6.45, 7) is 0. The molecule has 0 amide bonds. The molecule has 0 fully saturated rings. The minimum atomic E-state index is -1.83. The van der Waals surface area contributed by atoms with E-state index in [0.717, 1.165) is 18.2 Å². The molecule has 1 rings (SSSR count). The Morgan fingerprint density at radius 2 is 1.88 bits per heavy atom. The van der Waals surface area contributed by atoms with Crippen LogP contribution in [0.15, 0.2) is 18.2 Å². The Morgan fingerprint density at radius 1 is 1.38 bits per heavy atom. The van der Waals surface area contributed by atoms with Gasteiger partial charge in [-0.2, -0.15) is 0 Å². The number of aromatic hydroxyl groups is 1. The molecule has 0 bridgehead atoms. The lowest BCUT2D eigenvalue weighted by molar-refractivity contribution is -0.385. The molecule has 86 valence electrons. The van der Waals surface area contributed by atoms with Gasteiger partial charge in [0.2, 0.25) is 0 Å². The number of nitro groups is 1. The molecule has 0 heterocycles. The van der Waals surface area contributed by atoms with Crippen LogP contribution in [0.25, 0.3) is 0 Å². The molecule has 0 aliphatic carbocycles. The standard InChI is InChI=1S/C7H5NO4.CH2O3/c9-4-5-3-6(10)1-2-7(5)8(11)12;2-1(3)4/h1-4,10H;(H2,2,3,4). The first-order chi connectivity index (χ1) is 7.38. The number of hydrogen-bond donors (Lipinski definition) is 3. The molecule has 0 radical (unpaired) electrons. The third kappa shape index (κ3) is 4.56. The zero-order valence-corrected chi connectivity index (χ0v) is 7.73. The number of phenols is 1. The number of hydrogen-bond acceptors (Lipinski definition) is 5. The second kappa shape index (κ2) is 5.96. The molecule has 0 spiro atoms. The Balaban J connectivity index is 0.000000487. The molecule has 0 aliphatic rings. The van der Waals surface area contributed by atoms with Crippen molar-refractivity contribution in [1.82, 2.24) is 0 Å². The van der Waals surface area contributed by atoms with Gasteiger partial charge in [-0.25, -0.2) is 4.79 Å². The summed E-state index contributed by atoms with van der Waals surface area (Å²) in [5.41, 5.74) is -0.428. The molecule has 0 saturated heterocycles. The number of carbonyl (C=O) groups excluding carboxylic acids is 1. The van der Waals surface area contributed by atoms with E-state index in [1.807, 2.05) is 0 Å². The largest absolute Gasteiger partial charge is 0.508 e. The van der Waals surface area contributed by atoms with Crippen molar-refractivity contribution in [1.29, 1.82) is 0 Å². The lowest BCUT2D eigenvalue weighted by Gasteiger charge is -1.95.